The molecule has 0 amide bonds. The number of rotatable bonds is 1. The number of hydrogen-bond donors (Lipinski definition) is 0. The highest BCUT2D eigenvalue weighted by atomic mass is 35.5. The van der Waals surface area contributed by atoms with Gasteiger partial charge in [0.1, 0.15) is 5.65 Å². The molecule has 1 atom stereocenters. The summed E-state index contributed by atoms with van der Waals surface area (Å²) in [6, 6.07) is 6.81. The van der Waals surface area contributed by atoms with Crippen molar-refractivity contribution in [3.8, 4) is 5.88 Å². The van der Waals surface area contributed by atoms with Crippen LogP contribution in [0.3, 0.4) is 0 Å². The summed E-state index contributed by atoms with van der Waals surface area (Å²) in [7, 11) is 0. The molecule has 0 spiro atoms. The van der Waals surface area contributed by atoms with Crippen molar-refractivity contribution in [3.05, 3.63) is 69.4 Å². The second-order valence-corrected chi connectivity index (χ2v) is 5.66. The highest BCUT2D eigenvalue weighted by Crippen LogP contribution is 2.35. The quantitative estimate of drug-likeness (QED) is 0.640. The van der Waals surface area contributed by atoms with Gasteiger partial charge in [0.2, 0.25) is 5.88 Å². The minimum Gasteiger partial charge on any atom is -0.407 e. The zero-order valence-electron chi connectivity index (χ0n) is 11.8. The second kappa shape index (κ2) is 5.17. The van der Waals surface area contributed by atoms with Gasteiger partial charge in [-0.25, -0.2) is 0 Å². The van der Waals surface area contributed by atoms with Crippen molar-refractivity contribution in [1.82, 2.24) is 14.4 Å². The first-order valence-electron chi connectivity index (χ1n) is 6.96. The van der Waals surface area contributed by atoms with Gasteiger partial charge in [0.25, 0.3) is 5.56 Å². The van der Waals surface area contributed by atoms with E-state index in [0.717, 1.165) is 5.56 Å². The van der Waals surface area contributed by atoms with Crippen LogP contribution in [0.4, 0.5) is 0 Å². The maximum absolute atomic E-state index is 12.9. The van der Waals surface area contributed by atoms with Crippen LogP contribution in [0, 0.1) is 0 Å². The van der Waals surface area contributed by atoms with Gasteiger partial charge in [0.15, 0.2) is 0 Å². The largest absolute Gasteiger partial charge is 0.407 e. The van der Waals surface area contributed by atoms with Gasteiger partial charge in [-0.05, 0) is 23.8 Å². The standard InChI is InChI=1S/C16H10ClN3O3/c17-10-3-4-12-19-15-14(16(22)20(12)8-10)11(6-13(21)23-15)9-2-1-5-18-7-9/h1-5,7-8,11H,6H2. The minimum absolute atomic E-state index is 0.0578. The van der Waals surface area contributed by atoms with Gasteiger partial charge >= 0.3 is 5.97 Å². The van der Waals surface area contributed by atoms with E-state index in [-0.39, 0.29) is 17.9 Å². The van der Waals surface area contributed by atoms with Gasteiger partial charge in [-0.2, -0.15) is 4.98 Å². The number of fused-ring (bicyclic) bond motifs is 2. The fourth-order valence-corrected chi connectivity index (χ4v) is 2.93. The topological polar surface area (TPSA) is 73.6 Å². The molecule has 1 aliphatic heterocycles. The third kappa shape index (κ3) is 2.27. The summed E-state index contributed by atoms with van der Waals surface area (Å²) in [4.78, 5) is 33.1. The number of carbonyl (C=O) groups is 1. The van der Waals surface area contributed by atoms with Gasteiger partial charge in [0.05, 0.1) is 17.0 Å². The van der Waals surface area contributed by atoms with Crippen LogP contribution in [0.1, 0.15) is 23.5 Å². The Morgan fingerprint density at radius 2 is 2.13 bits per heavy atom. The summed E-state index contributed by atoms with van der Waals surface area (Å²) < 4.78 is 6.55. The van der Waals surface area contributed by atoms with Gasteiger partial charge in [-0.1, -0.05) is 17.7 Å². The van der Waals surface area contributed by atoms with E-state index in [2.05, 4.69) is 9.97 Å². The van der Waals surface area contributed by atoms with Crippen molar-refractivity contribution in [3.63, 3.8) is 0 Å². The predicted octanol–water partition coefficient (Wildman–Crippen LogP) is 2.18. The molecule has 1 aliphatic rings. The zero-order valence-corrected chi connectivity index (χ0v) is 12.5. The normalized spacial score (nSPS) is 16.9. The molecule has 4 heterocycles. The van der Waals surface area contributed by atoms with Crippen molar-refractivity contribution in [2.24, 2.45) is 0 Å². The molecular formula is C16H10ClN3O3. The van der Waals surface area contributed by atoms with Crippen LogP contribution in [0.2, 0.25) is 5.02 Å². The summed E-state index contributed by atoms with van der Waals surface area (Å²) >= 11 is 5.97. The van der Waals surface area contributed by atoms with Crippen LogP contribution in [0.25, 0.3) is 5.65 Å². The maximum Gasteiger partial charge on any atom is 0.313 e. The van der Waals surface area contributed by atoms with Gasteiger partial charge in [-0.15, -0.1) is 0 Å². The smallest absolute Gasteiger partial charge is 0.313 e. The third-order valence-electron chi connectivity index (χ3n) is 3.80. The van der Waals surface area contributed by atoms with Crippen LogP contribution in [-0.4, -0.2) is 20.3 Å². The van der Waals surface area contributed by atoms with Crippen LogP contribution in [0.15, 0.2) is 47.7 Å². The summed E-state index contributed by atoms with van der Waals surface area (Å²) in [5, 5.41) is 0.423. The highest BCUT2D eigenvalue weighted by molar-refractivity contribution is 6.30. The van der Waals surface area contributed by atoms with E-state index in [1.807, 2.05) is 6.07 Å². The molecule has 0 fully saturated rings. The van der Waals surface area contributed by atoms with Crippen LogP contribution in [-0.2, 0) is 4.79 Å². The number of hydrogen-bond acceptors (Lipinski definition) is 5. The Labute approximate surface area is 135 Å². The van der Waals surface area contributed by atoms with E-state index >= 15 is 0 Å². The molecular weight excluding hydrogens is 318 g/mol. The molecule has 6 nitrogen and oxygen atoms in total. The molecule has 23 heavy (non-hydrogen) atoms. The summed E-state index contributed by atoms with van der Waals surface area (Å²) in [6.07, 6.45) is 4.85. The number of pyridine rings is 2. The highest BCUT2D eigenvalue weighted by Gasteiger charge is 2.33. The van der Waals surface area contributed by atoms with E-state index in [0.29, 0.717) is 16.2 Å². The number of ether oxygens (including phenoxy) is 1. The minimum atomic E-state index is -0.434. The molecule has 7 heteroatoms. The average molecular weight is 328 g/mol. The number of esters is 1. The monoisotopic (exact) mass is 327 g/mol. The van der Waals surface area contributed by atoms with Crippen molar-refractivity contribution >= 4 is 23.2 Å². The molecule has 0 N–H and O–H groups in total. The van der Waals surface area contributed by atoms with E-state index in [4.69, 9.17) is 16.3 Å². The average Bonchev–Trinajstić information content (AvgIpc) is 2.55. The van der Waals surface area contributed by atoms with Gasteiger partial charge in [0, 0.05) is 24.5 Å². The molecule has 3 aromatic heterocycles. The van der Waals surface area contributed by atoms with E-state index in [1.54, 1.807) is 30.6 Å². The lowest BCUT2D eigenvalue weighted by atomic mass is 9.89. The molecule has 0 bridgehead atoms. The lowest BCUT2D eigenvalue weighted by molar-refractivity contribution is -0.135. The Balaban J connectivity index is 2.02. The van der Waals surface area contributed by atoms with Crippen LogP contribution in [0.5, 0.6) is 5.88 Å². The van der Waals surface area contributed by atoms with E-state index in [1.165, 1.54) is 10.6 Å². The Hall–Kier alpha value is -2.73. The Morgan fingerprint density at radius 1 is 1.26 bits per heavy atom. The molecule has 1 unspecified atom stereocenters. The molecule has 0 aliphatic carbocycles. The third-order valence-corrected chi connectivity index (χ3v) is 4.03. The first-order chi connectivity index (χ1) is 11.1. The first-order valence-corrected chi connectivity index (χ1v) is 7.33. The Morgan fingerprint density at radius 3 is 2.91 bits per heavy atom. The number of nitrogens with zero attached hydrogens (tertiary/aromatic N) is 3. The fourth-order valence-electron chi connectivity index (χ4n) is 2.77. The maximum atomic E-state index is 12.9. The van der Waals surface area contributed by atoms with Crippen LogP contribution >= 0.6 is 11.6 Å². The zero-order chi connectivity index (χ0) is 16.0. The molecule has 0 saturated carbocycles. The number of aromatic nitrogens is 3. The van der Waals surface area contributed by atoms with Crippen LogP contribution < -0.4 is 10.3 Å². The molecule has 114 valence electrons. The predicted molar refractivity (Wildman–Crippen MR) is 82.8 cm³/mol. The lowest BCUT2D eigenvalue weighted by Gasteiger charge is -2.23. The summed E-state index contributed by atoms with van der Waals surface area (Å²) in [5.41, 5.74) is 1.19. The lowest BCUT2D eigenvalue weighted by Crippen LogP contribution is -2.31. The molecule has 0 saturated heterocycles. The first kappa shape index (κ1) is 13.9. The molecule has 3 aromatic rings. The van der Waals surface area contributed by atoms with Gasteiger partial charge in [-0.3, -0.25) is 19.0 Å². The molecule has 0 radical (unpaired) electrons. The fraction of sp³-hybridized carbons (Fsp3) is 0.125. The van der Waals surface area contributed by atoms with Gasteiger partial charge < -0.3 is 4.74 Å². The van der Waals surface area contributed by atoms with Crippen molar-refractivity contribution in [2.75, 3.05) is 0 Å². The number of carbonyl (C=O) groups excluding carboxylic acids is 1. The second-order valence-electron chi connectivity index (χ2n) is 5.23. The Bertz CT molecular complexity index is 985. The number of halogens is 1. The molecule has 0 aromatic carbocycles. The Kier molecular flexibility index (Phi) is 3.12. The van der Waals surface area contributed by atoms with Crippen molar-refractivity contribution < 1.29 is 9.53 Å². The van der Waals surface area contributed by atoms with E-state index in [9.17, 15) is 9.59 Å². The summed E-state index contributed by atoms with van der Waals surface area (Å²) in [5.74, 6) is -0.796. The van der Waals surface area contributed by atoms with Crippen molar-refractivity contribution in [1.29, 1.82) is 0 Å². The van der Waals surface area contributed by atoms with Crippen molar-refractivity contribution in [2.45, 2.75) is 12.3 Å². The summed E-state index contributed by atoms with van der Waals surface area (Å²) in [6.45, 7) is 0. The van der Waals surface area contributed by atoms with E-state index < -0.39 is 11.9 Å². The molecule has 4 rings (SSSR count). The SMILES string of the molecule is O=C1CC(c2cccnc2)c2c(nc3ccc(Cl)cn3c2=O)O1.